The highest BCUT2D eigenvalue weighted by Crippen LogP contribution is 2.40. The predicted molar refractivity (Wildman–Crippen MR) is 74.8 cm³/mol. The predicted octanol–water partition coefficient (Wildman–Crippen LogP) is 1.25. The molecule has 6 nitrogen and oxygen atoms in total. The molecule has 1 amide bonds. The summed E-state index contributed by atoms with van der Waals surface area (Å²) in [6, 6.07) is 1.76. The number of nitrogens with one attached hydrogen (secondary N) is 1. The lowest BCUT2D eigenvalue weighted by Gasteiger charge is -2.15. The Balaban J connectivity index is 1.62. The molecular formula is C14H23N3O3. The smallest absolute Gasteiger partial charge is 0.273 e. The van der Waals surface area contributed by atoms with Gasteiger partial charge in [-0.05, 0) is 32.9 Å². The number of amides is 1. The molecule has 1 aromatic rings. The van der Waals surface area contributed by atoms with E-state index in [0.29, 0.717) is 18.2 Å². The number of likely N-dealkylation sites (N-methyl/N-ethyl adjacent to an activating group) is 1. The molecule has 0 radical (unpaired) electrons. The van der Waals surface area contributed by atoms with Crippen LogP contribution in [0.5, 0.6) is 0 Å². The monoisotopic (exact) mass is 281 g/mol. The molecule has 1 aliphatic carbocycles. The standard InChI is InChI=1S/C14H23N3O3/c1-17(8-9-19-2)7-3-6-15-14(18)12-10-13(20-16-12)11-4-5-11/h10-11H,3-9H2,1-2H3,(H,15,18). The number of rotatable bonds is 9. The first-order valence-corrected chi connectivity index (χ1v) is 7.13. The van der Waals surface area contributed by atoms with Gasteiger partial charge in [-0.3, -0.25) is 4.79 Å². The van der Waals surface area contributed by atoms with Crippen molar-refractivity contribution in [1.29, 1.82) is 0 Å². The van der Waals surface area contributed by atoms with E-state index < -0.39 is 0 Å². The lowest BCUT2D eigenvalue weighted by molar-refractivity contribution is 0.0942. The molecule has 0 unspecified atom stereocenters. The molecule has 20 heavy (non-hydrogen) atoms. The molecule has 1 heterocycles. The largest absolute Gasteiger partial charge is 0.383 e. The minimum atomic E-state index is -0.153. The number of nitrogens with zero attached hydrogens (tertiary/aromatic N) is 2. The molecule has 112 valence electrons. The molecule has 1 saturated carbocycles. The van der Waals surface area contributed by atoms with Crippen LogP contribution >= 0.6 is 0 Å². The molecule has 0 aliphatic heterocycles. The van der Waals surface area contributed by atoms with Crippen molar-refractivity contribution in [3.05, 3.63) is 17.5 Å². The molecule has 6 heteroatoms. The Kier molecular flexibility index (Phi) is 5.55. The molecule has 1 aliphatic rings. The van der Waals surface area contributed by atoms with Crippen LogP contribution in [-0.4, -0.2) is 56.4 Å². The van der Waals surface area contributed by atoms with Gasteiger partial charge in [0.15, 0.2) is 5.69 Å². The third-order valence-corrected chi connectivity index (χ3v) is 3.42. The van der Waals surface area contributed by atoms with E-state index in [0.717, 1.165) is 44.7 Å². The maximum absolute atomic E-state index is 11.9. The molecule has 1 aromatic heterocycles. The van der Waals surface area contributed by atoms with E-state index in [1.807, 2.05) is 7.05 Å². The van der Waals surface area contributed by atoms with Crippen LogP contribution in [0.3, 0.4) is 0 Å². The fourth-order valence-corrected chi connectivity index (χ4v) is 1.96. The number of aromatic nitrogens is 1. The van der Waals surface area contributed by atoms with Gasteiger partial charge in [-0.2, -0.15) is 0 Å². The second-order valence-electron chi connectivity index (χ2n) is 5.29. The Labute approximate surface area is 119 Å². The average molecular weight is 281 g/mol. The van der Waals surface area contributed by atoms with E-state index in [-0.39, 0.29) is 5.91 Å². The molecule has 0 bridgehead atoms. The van der Waals surface area contributed by atoms with Crippen LogP contribution in [0.2, 0.25) is 0 Å². The van der Waals surface area contributed by atoms with Crippen LogP contribution < -0.4 is 5.32 Å². The lowest BCUT2D eigenvalue weighted by atomic mass is 10.2. The summed E-state index contributed by atoms with van der Waals surface area (Å²) >= 11 is 0. The minimum Gasteiger partial charge on any atom is -0.383 e. The van der Waals surface area contributed by atoms with Crippen molar-refractivity contribution in [2.45, 2.75) is 25.2 Å². The number of hydrogen-bond donors (Lipinski definition) is 1. The van der Waals surface area contributed by atoms with Gasteiger partial charge in [0.1, 0.15) is 5.76 Å². The summed E-state index contributed by atoms with van der Waals surface area (Å²) in [7, 11) is 3.74. The minimum absolute atomic E-state index is 0.153. The van der Waals surface area contributed by atoms with Gasteiger partial charge in [0.25, 0.3) is 5.91 Å². The summed E-state index contributed by atoms with van der Waals surface area (Å²) in [5.41, 5.74) is 0.389. The molecule has 0 spiro atoms. The van der Waals surface area contributed by atoms with E-state index in [4.69, 9.17) is 9.26 Å². The third kappa shape index (κ3) is 4.61. The Morgan fingerprint density at radius 1 is 1.55 bits per heavy atom. The fraction of sp³-hybridized carbons (Fsp3) is 0.714. The number of carbonyl (C=O) groups is 1. The van der Waals surface area contributed by atoms with Crippen LogP contribution in [0.15, 0.2) is 10.6 Å². The van der Waals surface area contributed by atoms with Gasteiger partial charge >= 0.3 is 0 Å². The second kappa shape index (κ2) is 7.40. The molecule has 2 rings (SSSR count). The Morgan fingerprint density at radius 2 is 2.35 bits per heavy atom. The second-order valence-corrected chi connectivity index (χ2v) is 5.29. The van der Waals surface area contributed by atoms with Gasteiger partial charge in [-0.25, -0.2) is 0 Å². The van der Waals surface area contributed by atoms with E-state index in [1.54, 1.807) is 13.2 Å². The molecular weight excluding hydrogens is 258 g/mol. The number of carbonyl (C=O) groups excluding carboxylic acids is 1. The zero-order chi connectivity index (χ0) is 14.4. The van der Waals surface area contributed by atoms with Crippen LogP contribution in [0.25, 0.3) is 0 Å². The van der Waals surface area contributed by atoms with Crippen molar-refractivity contribution < 1.29 is 14.1 Å². The van der Waals surface area contributed by atoms with Gasteiger partial charge in [-0.1, -0.05) is 5.16 Å². The maximum Gasteiger partial charge on any atom is 0.273 e. The Morgan fingerprint density at radius 3 is 3.05 bits per heavy atom. The van der Waals surface area contributed by atoms with Crippen molar-refractivity contribution in [1.82, 2.24) is 15.4 Å². The fourth-order valence-electron chi connectivity index (χ4n) is 1.96. The summed E-state index contributed by atoms with van der Waals surface area (Å²) < 4.78 is 10.2. The van der Waals surface area contributed by atoms with Gasteiger partial charge in [-0.15, -0.1) is 0 Å². The zero-order valence-electron chi connectivity index (χ0n) is 12.2. The number of methoxy groups -OCH3 is 1. The zero-order valence-corrected chi connectivity index (χ0v) is 12.2. The summed E-state index contributed by atoms with van der Waals surface area (Å²) in [5, 5.41) is 6.68. The molecule has 0 saturated heterocycles. The van der Waals surface area contributed by atoms with Crippen LogP contribution in [0, 0.1) is 0 Å². The van der Waals surface area contributed by atoms with Gasteiger partial charge < -0.3 is 19.5 Å². The first-order valence-electron chi connectivity index (χ1n) is 7.13. The van der Waals surface area contributed by atoms with Crippen molar-refractivity contribution in [2.24, 2.45) is 0 Å². The molecule has 1 fully saturated rings. The van der Waals surface area contributed by atoms with Gasteiger partial charge in [0.2, 0.25) is 0 Å². The normalized spacial score (nSPS) is 14.8. The molecule has 0 atom stereocenters. The number of ether oxygens (including phenoxy) is 1. The summed E-state index contributed by atoms with van der Waals surface area (Å²) in [5.74, 6) is 1.17. The van der Waals surface area contributed by atoms with E-state index >= 15 is 0 Å². The maximum atomic E-state index is 11.9. The third-order valence-electron chi connectivity index (χ3n) is 3.42. The first-order chi connectivity index (χ1) is 9.70. The Bertz CT molecular complexity index is 429. The van der Waals surface area contributed by atoms with E-state index in [9.17, 15) is 4.79 Å². The lowest BCUT2D eigenvalue weighted by Crippen LogP contribution is -2.29. The van der Waals surface area contributed by atoms with Gasteiger partial charge in [0, 0.05) is 32.2 Å². The van der Waals surface area contributed by atoms with Crippen LogP contribution in [0.4, 0.5) is 0 Å². The van der Waals surface area contributed by atoms with Crippen LogP contribution in [-0.2, 0) is 4.74 Å². The van der Waals surface area contributed by atoms with Crippen molar-refractivity contribution in [3.63, 3.8) is 0 Å². The average Bonchev–Trinajstić information content (AvgIpc) is 3.18. The summed E-state index contributed by atoms with van der Waals surface area (Å²) in [6.45, 7) is 3.20. The summed E-state index contributed by atoms with van der Waals surface area (Å²) in [6.07, 6.45) is 3.19. The SMILES string of the molecule is COCCN(C)CCCNC(=O)c1cc(C2CC2)on1. The quantitative estimate of drug-likeness (QED) is 0.690. The highest BCUT2D eigenvalue weighted by atomic mass is 16.5. The van der Waals surface area contributed by atoms with Crippen LogP contribution in [0.1, 0.15) is 41.4 Å². The van der Waals surface area contributed by atoms with E-state index in [2.05, 4.69) is 15.4 Å². The number of hydrogen-bond acceptors (Lipinski definition) is 5. The van der Waals surface area contributed by atoms with E-state index in [1.165, 1.54) is 0 Å². The highest BCUT2D eigenvalue weighted by molar-refractivity contribution is 5.92. The molecule has 0 aromatic carbocycles. The topological polar surface area (TPSA) is 67.6 Å². The summed E-state index contributed by atoms with van der Waals surface area (Å²) in [4.78, 5) is 14.0. The van der Waals surface area contributed by atoms with Crippen molar-refractivity contribution in [3.8, 4) is 0 Å². The van der Waals surface area contributed by atoms with Crippen molar-refractivity contribution >= 4 is 5.91 Å². The van der Waals surface area contributed by atoms with Crippen molar-refractivity contribution in [2.75, 3.05) is 40.4 Å². The van der Waals surface area contributed by atoms with Gasteiger partial charge in [0.05, 0.1) is 6.61 Å². The molecule has 1 N–H and O–H groups in total. The highest BCUT2D eigenvalue weighted by Gasteiger charge is 2.28. The first kappa shape index (κ1) is 15.0. The Hall–Kier alpha value is -1.40.